The average molecular weight is 417 g/mol. The number of anilines is 3. The first-order chi connectivity index (χ1) is 13.8. The van der Waals surface area contributed by atoms with Crippen LogP contribution in [0.2, 0.25) is 5.02 Å². The molecule has 0 aromatic heterocycles. The summed E-state index contributed by atoms with van der Waals surface area (Å²) in [6.07, 6.45) is 0. The smallest absolute Gasteiger partial charge is 0.238 e. The molecule has 8 heteroatoms. The van der Waals surface area contributed by atoms with Gasteiger partial charge in [-0.05, 0) is 55.4 Å². The summed E-state index contributed by atoms with van der Waals surface area (Å²) in [5, 5.41) is 8.86. The molecule has 0 radical (unpaired) electrons. The summed E-state index contributed by atoms with van der Waals surface area (Å²) >= 11 is 6.08. The van der Waals surface area contributed by atoms with E-state index in [2.05, 4.69) is 16.0 Å². The predicted octanol–water partition coefficient (Wildman–Crippen LogP) is 3.51. The van der Waals surface area contributed by atoms with E-state index >= 15 is 0 Å². The van der Waals surface area contributed by atoms with E-state index in [0.29, 0.717) is 28.6 Å². The molecule has 29 heavy (non-hydrogen) atoms. The summed E-state index contributed by atoms with van der Waals surface area (Å²) in [6, 6.07) is 12.1. The minimum Gasteiger partial charge on any atom is -0.326 e. The minimum absolute atomic E-state index is 0.0753. The molecule has 2 aromatic rings. The van der Waals surface area contributed by atoms with Gasteiger partial charge < -0.3 is 16.0 Å². The fourth-order valence-corrected chi connectivity index (χ4v) is 2.83. The third kappa shape index (κ3) is 7.21. The second-order valence-electron chi connectivity index (χ2n) is 6.57. The summed E-state index contributed by atoms with van der Waals surface area (Å²) in [5.41, 5.74) is 2.71. The standard InChI is InChI=1S/C21H25ClN4O3/c1-4-26(13-21(29)25-19-7-5-6-18(22)14(19)2)12-20(28)24-17-10-8-16(9-11-17)23-15(3)27/h5-11H,4,12-13H2,1-3H3,(H,23,27)(H,24,28)(H,25,29). The number of rotatable bonds is 8. The highest BCUT2D eigenvalue weighted by Gasteiger charge is 2.14. The van der Waals surface area contributed by atoms with Gasteiger partial charge in [-0.25, -0.2) is 0 Å². The highest BCUT2D eigenvalue weighted by atomic mass is 35.5. The van der Waals surface area contributed by atoms with Crippen molar-refractivity contribution in [2.45, 2.75) is 20.8 Å². The highest BCUT2D eigenvalue weighted by Crippen LogP contribution is 2.22. The van der Waals surface area contributed by atoms with Crippen LogP contribution in [0.5, 0.6) is 0 Å². The quantitative estimate of drug-likeness (QED) is 0.614. The molecule has 2 aromatic carbocycles. The Kier molecular flexibility index (Phi) is 8.18. The van der Waals surface area contributed by atoms with Gasteiger partial charge in [-0.1, -0.05) is 24.6 Å². The van der Waals surface area contributed by atoms with E-state index < -0.39 is 0 Å². The number of likely N-dealkylation sites (N-methyl/N-ethyl adjacent to an activating group) is 1. The van der Waals surface area contributed by atoms with Crippen LogP contribution in [0.15, 0.2) is 42.5 Å². The molecule has 3 N–H and O–H groups in total. The number of carbonyl (C=O) groups excluding carboxylic acids is 3. The molecule has 3 amide bonds. The van der Waals surface area contributed by atoms with Crippen molar-refractivity contribution in [2.24, 2.45) is 0 Å². The van der Waals surface area contributed by atoms with E-state index in [1.54, 1.807) is 47.4 Å². The van der Waals surface area contributed by atoms with Crippen molar-refractivity contribution < 1.29 is 14.4 Å². The highest BCUT2D eigenvalue weighted by molar-refractivity contribution is 6.31. The van der Waals surface area contributed by atoms with Crippen LogP contribution >= 0.6 is 11.6 Å². The Labute approximate surface area is 175 Å². The van der Waals surface area contributed by atoms with Crippen molar-refractivity contribution in [2.75, 3.05) is 35.6 Å². The summed E-state index contributed by atoms with van der Waals surface area (Å²) in [6.45, 7) is 5.84. The van der Waals surface area contributed by atoms with Crippen molar-refractivity contribution in [3.63, 3.8) is 0 Å². The molecule has 0 heterocycles. The van der Waals surface area contributed by atoms with Crippen LogP contribution in [-0.2, 0) is 14.4 Å². The van der Waals surface area contributed by atoms with E-state index in [1.165, 1.54) is 6.92 Å². The van der Waals surface area contributed by atoms with Gasteiger partial charge in [0.2, 0.25) is 17.7 Å². The average Bonchev–Trinajstić information content (AvgIpc) is 2.66. The number of hydrogen-bond donors (Lipinski definition) is 3. The Morgan fingerprint density at radius 1 is 0.897 bits per heavy atom. The van der Waals surface area contributed by atoms with Gasteiger partial charge in [0.05, 0.1) is 13.1 Å². The van der Waals surface area contributed by atoms with Gasteiger partial charge in [0.1, 0.15) is 0 Å². The lowest BCUT2D eigenvalue weighted by molar-refractivity contribution is -0.120. The van der Waals surface area contributed by atoms with Gasteiger partial charge in [0, 0.05) is 29.0 Å². The molecule has 0 spiro atoms. The predicted molar refractivity (Wildman–Crippen MR) is 116 cm³/mol. The molecule has 0 saturated carbocycles. The second-order valence-corrected chi connectivity index (χ2v) is 6.98. The number of nitrogens with one attached hydrogen (secondary N) is 3. The van der Waals surface area contributed by atoms with E-state index in [1.807, 2.05) is 13.8 Å². The number of hydrogen-bond acceptors (Lipinski definition) is 4. The Balaban J connectivity index is 1.88. The monoisotopic (exact) mass is 416 g/mol. The topological polar surface area (TPSA) is 90.5 Å². The van der Waals surface area contributed by atoms with Crippen molar-refractivity contribution in [3.8, 4) is 0 Å². The molecule has 0 unspecified atom stereocenters. The van der Waals surface area contributed by atoms with Gasteiger partial charge in [-0.15, -0.1) is 0 Å². The van der Waals surface area contributed by atoms with Crippen LogP contribution in [0.25, 0.3) is 0 Å². The summed E-state index contributed by atoms with van der Waals surface area (Å²) in [5.74, 6) is -0.609. The van der Waals surface area contributed by atoms with Gasteiger partial charge in [0.25, 0.3) is 0 Å². The fourth-order valence-electron chi connectivity index (χ4n) is 2.66. The maximum Gasteiger partial charge on any atom is 0.238 e. The van der Waals surface area contributed by atoms with E-state index in [0.717, 1.165) is 5.56 Å². The molecule has 0 saturated heterocycles. The first kappa shape index (κ1) is 22.4. The Morgan fingerprint density at radius 2 is 1.45 bits per heavy atom. The number of amides is 3. The summed E-state index contributed by atoms with van der Waals surface area (Å²) < 4.78 is 0. The lowest BCUT2D eigenvalue weighted by Gasteiger charge is -2.20. The third-order valence-corrected chi connectivity index (χ3v) is 4.62. The maximum atomic E-state index is 12.3. The van der Waals surface area contributed by atoms with Crippen molar-refractivity contribution in [3.05, 3.63) is 53.1 Å². The lowest BCUT2D eigenvalue weighted by atomic mass is 10.2. The maximum absolute atomic E-state index is 12.3. The molecule has 0 aliphatic rings. The van der Waals surface area contributed by atoms with Crippen LogP contribution < -0.4 is 16.0 Å². The van der Waals surface area contributed by atoms with Gasteiger partial charge in [-0.3, -0.25) is 19.3 Å². The van der Waals surface area contributed by atoms with E-state index in [4.69, 9.17) is 11.6 Å². The number of nitrogens with zero attached hydrogens (tertiary/aromatic N) is 1. The van der Waals surface area contributed by atoms with Crippen molar-refractivity contribution >= 4 is 46.4 Å². The summed E-state index contributed by atoms with van der Waals surface area (Å²) in [7, 11) is 0. The zero-order valence-electron chi connectivity index (χ0n) is 16.7. The zero-order chi connectivity index (χ0) is 21.4. The van der Waals surface area contributed by atoms with Crippen molar-refractivity contribution in [1.82, 2.24) is 4.90 Å². The minimum atomic E-state index is -0.231. The number of benzene rings is 2. The SMILES string of the molecule is CCN(CC(=O)Nc1ccc(NC(C)=O)cc1)CC(=O)Nc1cccc(Cl)c1C. The number of halogens is 1. The van der Waals surface area contributed by atoms with Crippen LogP contribution in [0, 0.1) is 6.92 Å². The van der Waals surface area contributed by atoms with Gasteiger partial charge >= 0.3 is 0 Å². The molecular formula is C21H25ClN4O3. The summed E-state index contributed by atoms with van der Waals surface area (Å²) in [4.78, 5) is 37.4. The molecular weight excluding hydrogens is 392 g/mol. The second kappa shape index (κ2) is 10.6. The fraction of sp³-hybridized carbons (Fsp3) is 0.286. The first-order valence-corrected chi connectivity index (χ1v) is 9.61. The van der Waals surface area contributed by atoms with Gasteiger partial charge in [0.15, 0.2) is 0 Å². The molecule has 0 aliphatic carbocycles. The van der Waals surface area contributed by atoms with Crippen LogP contribution in [0.3, 0.4) is 0 Å². The van der Waals surface area contributed by atoms with Crippen LogP contribution in [-0.4, -0.2) is 42.3 Å². The molecule has 154 valence electrons. The molecule has 0 fully saturated rings. The molecule has 0 bridgehead atoms. The molecule has 0 atom stereocenters. The Hall–Kier alpha value is -2.90. The largest absolute Gasteiger partial charge is 0.326 e. The van der Waals surface area contributed by atoms with E-state index in [-0.39, 0.29) is 30.8 Å². The van der Waals surface area contributed by atoms with Crippen LogP contribution in [0.4, 0.5) is 17.1 Å². The molecule has 2 rings (SSSR count). The first-order valence-electron chi connectivity index (χ1n) is 9.23. The van der Waals surface area contributed by atoms with Gasteiger partial charge in [-0.2, -0.15) is 0 Å². The van der Waals surface area contributed by atoms with Crippen LogP contribution in [0.1, 0.15) is 19.4 Å². The van der Waals surface area contributed by atoms with E-state index in [9.17, 15) is 14.4 Å². The van der Waals surface area contributed by atoms with Crippen molar-refractivity contribution in [1.29, 1.82) is 0 Å². The Morgan fingerprint density at radius 3 is 2.00 bits per heavy atom. The molecule has 7 nitrogen and oxygen atoms in total. The molecule has 0 aliphatic heterocycles. The normalized spacial score (nSPS) is 10.5. The zero-order valence-corrected chi connectivity index (χ0v) is 17.5. The Bertz CT molecular complexity index is 884. The lowest BCUT2D eigenvalue weighted by Crippen LogP contribution is -2.38. The number of carbonyl (C=O) groups is 3. The third-order valence-electron chi connectivity index (χ3n) is 4.21.